The first-order valence-electron chi connectivity index (χ1n) is 7.47. The van der Waals surface area contributed by atoms with Crippen LogP contribution >= 0.6 is 0 Å². The Kier molecular flexibility index (Phi) is 4.37. The lowest BCUT2D eigenvalue weighted by molar-refractivity contribution is -0.121. The van der Waals surface area contributed by atoms with Crippen LogP contribution in [0.2, 0.25) is 0 Å². The molecule has 0 spiro atoms. The first kappa shape index (κ1) is 15.2. The highest BCUT2D eigenvalue weighted by Crippen LogP contribution is 2.34. The third-order valence-corrected chi connectivity index (χ3v) is 3.77. The largest absolute Gasteiger partial charge is 0.497 e. The van der Waals surface area contributed by atoms with Crippen LogP contribution in [0.1, 0.15) is 24.1 Å². The summed E-state index contributed by atoms with van der Waals surface area (Å²) in [6.45, 7) is 2.19. The van der Waals surface area contributed by atoms with Crippen molar-refractivity contribution >= 4 is 5.91 Å². The Labute approximate surface area is 135 Å². The summed E-state index contributed by atoms with van der Waals surface area (Å²) in [5.41, 5.74) is 1.90. The summed E-state index contributed by atoms with van der Waals surface area (Å²) in [7, 11) is 1.61. The SMILES string of the molecule is COc1cccc(CC(=O)NC(C)c2ccc3c(c2)OCO3)c1. The highest BCUT2D eigenvalue weighted by atomic mass is 16.7. The van der Waals surface area contributed by atoms with Crippen molar-refractivity contribution in [3.63, 3.8) is 0 Å². The zero-order chi connectivity index (χ0) is 16.2. The van der Waals surface area contributed by atoms with Gasteiger partial charge in [0.25, 0.3) is 0 Å². The van der Waals surface area contributed by atoms with Gasteiger partial charge in [-0.2, -0.15) is 0 Å². The standard InChI is InChI=1S/C18H19NO4/c1-12(14-6-7-16-17(10-14)23-11-22-16)19-18(20)9-13-4-3-5-15(8-13)21-2/h3-8,10,12H,9,11H2,1-2H3,(H,19,20). The summed E-state index contributed by atoms with van der Waals surface area (Å²) >= 11 is 0. The summed E-state index contributed by atoms with van der Waals surface area (Å²) in [6.07, 6.45) is 0.312. The number of hydrogen-bond donors (Lipinski definition) is 1. The van der Waals surface area contributed by atoms with Crippen LogP contribution in [0.4, 0.5) is 0 Å². The van der Waals surface area contributed by atoms with Gasteiger partial charge >= 0.3 is 0 Å². The zero-order valence-electron chi connectivity index (χ0n) is 13.2. The molecule has 1 amide bonds. The van der Waals surface area contributed by atoms with Gasteiger partial charge in [-0.05, 0) is 42.3 Å². The molecule has 1 unspecified atom stereocenters. The topological polar surface area (TPSA) is 56.8 Å². The molecule has 5 nitrogen and oxygen atoms in total. The average molecular weight is 313 g/mol. The molecule has 3 rings (SSSR count). The molecule has 0 bridgehead atoms. The molecule has 1 N–H and O–H groups in total. The predicted octanol–water partition coefficient (Wildman–Crippen LogP) is 2.84. The Bertz CT molecular complexity index is 714. The van der Waals surface area contributed by atoms with E-state index in [4.69, 9.17) is 14.2 Å². The van der Waals surface area contributed by atoms with Gasteiger partial charge in [-0.1, -0.05) is 18.2 Å². The first-order valence-corrected chi connectivity index (χ1v) is 7.47. The summed E-state index contributed by atoms with van der Waals surface area (Å²) in [5, 5.41) is 3.00. The molecular formula is C18H19NO4. The van der Waals surface area contributed by atoms with Crippen molar-refractivity contribution in [1.29, 1.82) is 0 Å². The van der Waals surface area contributed by atoms with E-state index in [-0.39, 0.29) is 18.7 Å². The minimum absolute atomic E-state index is 0.0385. The highest BCUT2D eigenvalue weighted by Gasteiger charge is 2.17. The van der Waals surface area contributed by atoms with Gasteiger partial charge in [0.05, 0.1) is 19.6 Å². The molecule has 2 aromatic carbocycles. The molecule has 120 valence electrons. The van der Waals surface area contributed by atoms with Crippen LogP contribution in [0.15, 0.2) is 42.5 Å². The van der Waals surface area contributed by atoms with Gasteiger partial charge in [0.2, 0.25) is 12.7 Å². The van der Waals surface area contributed by atoms with Crippen LogP contribution in [-0.4, -0.2) is 19.8 Å². The van der Waals surface area contributed by atoms with Crippen LogP contribution in [0, 0.1) is 0 Å². The molecule has 1 heterocycles. The molecule has 0 saturated carbocycles. The van der Waals surface area contributed by atoms with Crippen molar-refractivity contribution in [1.82, 2.24) is 5.32 Å². The number of carbonyl (C=O) groups excluding carboxylic acids is 1. The van der Waals surface area contributed by atoms with Crippen LogP contribution in [0.25, 0.3) is 0 Å². The lowest BCUT2D eigenvalue weighted by Crippen LogP contribution is -2.28. The molecule has 1 aliphatic heterocycles. The molecular weight excluding hydrogens is 294 g/mol. The highest BCUT2D eigenvalue weighted by molar-refractivity contribution is 5.79. The number of hydrogen-bond acceptors (Lipinski definition) is 4. The van der Waals surface area contributed by atoms with E-state index in [0.29, 0.717) is 6.42 Å². The van der Waals surface area contributed by atoms with E-state index in [9.17, 15) is 4.79 Å². The number of fused-ring (bicyclic) bond motifs is 1. The third kappa shape index (κ3) is 3.56. The van der Waals surface area contributed by atoms with E-state index in [1.165, 1.54) is 0 Å². The Hall–Kier alpha value is -2.69. The van der Waals surface area contributed by atoms with Crippen molar-refractivity contribution < 1.29 is 19.0 Å². The quantitative estimate of drug-likeness (QED) is 0.922. The van der Waals surface area contributed by atoms with E-state index in [1.54, 1.807) is 7.11 Å². The fraction of sp³-hybridized carbons (Fsp3) is 0.278. The molecule has 0 saturated heterocycles. The number of nitrogens with one attached hydrogen (secondary N) is 1. The number of methoxy groups -OCH3 is 1. The normalized spacial score (nSPS) is 13.5. The lowest BCUT2D eigenvalue weighted by Gasteiger charge is -2.15. The molecule has 0 aliphatic carbocycles. The average Bonchev–Trinajstić information content (AvgIpc) is 3.02. The van der Waals surface area contributed by atoms with Crippen LogP contribution in [0.3, 0.4) is 0 Å². The van der Waals surface area contributed by atoms with Gasteiger partial charge in [0.15, 0.2) is 11.5 Å². The summed E-state index contributed by atoms with van der Waals surface area (Å²) in [5.74, 6) is 2.17. The smallest absolute Gasteiger partial charge is 0.231 e. The minimum Gasteiger partial charge on any atom is -0.497 e. The third-order valence-electron chi connectivity index (χ3n) is 3.77. The van der Waals surface area contributed by atoms with Crippen molar-refractivity contribution in [2.45, 2.75) is 19.4 Å². The molecule has 1 aliphatic rings. The van der Waals surface area contributed by atoms with Crippen molar-refractivity contribution in [2.75, 3.05) is 13.9 Å². The molecule has 5 heteroatoms. The molecule has 0 fully saturated rings. The first-order chi connectivity index (χ1) is 11.2. The van der Waals surface area contributed by atoms with Gasteiger partial charge in [0, 0.05) is 0 Å². The van der Waals surface area contributed by atoms with E-state index in [1.807, 2.05) is 49.4 Å². The molecule has 0 radical (unpaired) electrons. The van der Waals surface area contributed by atoms with E-state index in [2.05, 4.69) is 5.32 Å². The van der Waals surface area contributed by atoms with E-state index >= 15 is 0 Å². The van der Waals surface area contributed by atoms with Gasteiger partial charge in [-0.25, -0.2) is 0 Å². The van der Waals surface area contributed by atoms with Gasteiger partial charge in [0.1, 0.15) is 5.75 Å². The molecule has 1 atom stereocenters. The zero-order valence-corrected chi connectivity index (χ0v) is 13.2. The summed E-state index contributed by atoms with van der Waals surface area (Å²) in [6, 6.07) is 13.1. The fourth-order valence-corrected chi connectivity index (χ4v) is 2.53. The second-order valence-corrected chi connectivity index (χ2v) is 5.43. The van der Waals surface area contributed by atoms with Crippen molar-refractivity contribution in [2.24, 2.45) is 0 Å². The van der Waals surface area contributed by atoms with Crippen LogP contribution in [0.5, 0.6) is 17.2 Å². The fourth-order valence-electron chi connectivity index (χ4n) is 2.53. The maximum absolute atomic E-state index is 12.2. The van der Waals surface area contributed by atoms with E-state index < -0.39 is 0 Å². The lowest BCUT2D eigenvalue weighted by atomic mass is 10.1. The Morgan fingerprint density at radius 3 is 2.87 bits per heavy atom. The Morgan fingerprint density at radius 1 is 1.22 bits per heavy atom. The number of ether oxygens (including phenoxy) is 3. The second kappa shape index (κ2) is 6.60. The van der Waals surface area contributed by atoms with Gasteiger partial charge in [-0.3, -0.25) is 4.79 Å². The van der Waals surface area contributed by atoms with Crippen molar-refractivity contribution in [3.05, 3.63) is 53.6 Å². The minimum atomic E-state index is -0.109. The second-order valence-electron chi connectivity index (χ2n) is 5.43. The summed E-state index contributed by atoms with van der Waals surface area (Å²) in [4.78, 5) is 12.2. The predicted molar refractivity (Wildman–Crippen MR) is 85.8 cm³/mol. The number of rotatable bonds is 5. The Balaban J connectivity index is 1.62. The molecule has 0 aromatic heterocycles. The van der Waals surface area contributed by atoms with E-state index in [0.717, 1.165) is 28.4 Å². The Morgan fingerprint density at radius 2 is 2.04 bits per heavy atom. The number of amides is 1. The maximum Gasteiger partial charge on any atom is 0.231 e. The van der Waals surface area contributed by atoms with Crippen molar-refractivity contribution in [3.8, 4) is 17.2 Å². The maximum atomic E-state index is 12.2. The van der Waals surface area contributed by atoms with Gasteiger partial charge in [-0.15, -0.1) is 0 Å². The molecule has 2 aromatic rings. The summed E-state index contributed by atoms with van der Waals surface area (Å²) < 4.78 is 15.8. The number of benzene rings is 2. The number of carbonyl (C=O) groups is 1. The van der Waals surface area contributed by atoms with Crippen LogP contribution < -0.4 is 19.5 Å². The van der Waals surface area contributed by atoms with Gasteiger partial charge < -0.3 is 19.5 Å². The monoisotopic (exact) mass is 313 g/mol. The molecule has 23 heavy (non-hydrogen) atoms. The van der Waals surface area contributed by atoms with Crippen LogP contribution in [-0.2, 0) is 11.2 Å².